The molecule has 332 valence electrons. The maximum atomic E-state index is 12.7. The van der Waals surface area contributed by atoms with Gasteiger partial charge in [-0.1, -0.05) is 175 Å². The van der Waals surface area contributed by atoms with E-state index in [0.717, 1.165) is 83.5 Å². The lowest BCUT2D eigenvalue weighted by atomic mass is 10.1. The number of hydrogen-bond acceptors (Lipinski definition) is 6. The van der Waals surface area contributed by atoms with Crippen LogP contribution in [0.1, 0.15) is 188 Å². The standard InChI is InChI=1S/C53H84O6/c1-4-7-10-13-16-19-21-23-25-27-29-31-34-37-40-43-46-52(55)58-49-50(48-57-51(54)45-42-39-36-33-18-15-12-9-6-3)59-53(56)47-44-41-38-35-32-30-28-26-24-22-20-17-14-11-8-5-2/h7,9-10,12,16,18-19,23,25-26,28-33,37,40,50H,4-6,8,11,13-15,17,20-22,24,27,34-36,38-39,41-49H2,1-3H3/b10-7-,12-9-,19-16-,25-23-,28-26-,31-29-,32-30-,33-18-,40-37-. The summed E-state index contributed by atoms with van der Waals surface area (Å²) in [5.74, 6) is -1.09. The van der Waals surface area contributed by atoms with E-state index in [-0.39, 0.29) is 44.0 Å². The second-order valence-electron chi connectivity index (χ2n) is 14.9. The lowest BCUT2D eigenvalue weighted by Gasteiger charge is -2.18. The third kappa shape index (κ3) is 45.0. The molecular formula is C53H84O6. The molecule has 6 nitrogen and oxygen atoms in total. The first kappa shape index (κ1) is 55.1. The molecule has 0 rings (SSSR count). The third-order valence-corrected chi connectivity index (χ3v) is 9.28. The topological polar surface area (TPSA) is 78.9 Å². The molecular weight excluding hydrogens is 733 g/mol. The highest BCUT2D eigenvalue weighted by molar-refractivity contribution is 5.71. The van der Waals surface area contributed by atoms with Gasteiger partial charge in [0.2, 0.25) is 0 Å². The van der Waals surface area contributed by atoms with E-state index in [9.17, 15) is 14.4 Å². The minimum Gasteiger partial charge on any atom is -0.462 e. The third-order valence-electron chi connectivity index (χ3n) is 9.28. The van der Waals surface area contributed by atoms with E-state index in [1.807, 2.05) is 12.2 Å². The molecule has 0 fully saturated rings. The predicted octanol–water partition coefficient (Wildman–Crippen LogP) is 15.2. The number of ether oxygens (including phenoxy) is 3. The zero-order chi connectivity index (χ0) is 43.0. The van der Waals surface area contributed by atoms with Crippen LogP contribution in [0, 0.1) is 0 Å². The molecule has 0 radical (unpaired) electrons. The molecule has 0 aromatic heterocycles. The van der Waals surface area contributed by atoms with E-state index in [0.29, 0.717) is 25.7 Å². The van der Waals surface area contributed by atoms with Gasteiger partial charge in [0.1, 0.15) is 13.2 Å². The molecule has 0 saturated heterocycles. The summed E-state index contributed by atoms with van der Waals surface area (Å²) in [5, 5.41) is 0. The predicted molar refractivity (Wildman–Crippen MR) is 251 cm³/mol. The van der Waals surface area contributed by atoms with Crippen molar-refractivity contribution in [2.45, 2.75) is 194 Å². The fourth-order valence-corrected chi connectivity index (χ4v) is 5.81. The Balaban J connectivity index is 4.56. The van der Waals surface area contributed by atoms with E-state index >= 15 is 0 Å². The van der Waals surface area contributed by atoms with Gasteiger partial charge in [0.05, 0.1) is 0 Å². The van der Waals surface area contributed by atoms with E-state index < -0.39 is 6.10 Å². The Hall–Kier alpha value is -3.93. The summed E-state index contributed by atoms with van der Waals surface area (Å²) in [6, 6.07) is 0. The van der Waals surface area contributed by atoms with E-state index in [4.69, 9.17) is 14.2 Å². The number of rotatable bonds is 40. The Morgan fingerprint density at radius 2 is 0.746 bits per heavy atom. The fraction of sp³-hybridized carbons (Fsp3) is 0.604. The minimum absolute atomic E-state index is 0.131. The molecule has 0 aromatic rings. The summed E-state index contributed by atoms with van der Waals surface area (Å²) >= 11 is 0. The molecule has 59 heavy (non-hydrogen) atoms. The lowest BCUT2D eigenvalue weighted by Crippen LogP contribution is -2.30. The maximum Gasteiger partial charge on any atom is 0.306 e. The molecule has 0 aliphatic carbocycles. The first-order valence-corrected chi connectivity index (χ1v) is 23.4. The number of carbonyl (C=O) groups excluding carboxylic acids is 3. The molecule has 0 aliphatic rings. The van der Waals surface area contributed by atoms with Crippen LogP contribution < -0.4 is 0 Å². The van der Waals surface area contributed by atoms with Gasteiger partial charge in [-0.15, -0.1) is 0 Å². The van der Waals surface area contributed by atoms with Crippen LogP contribution in [-0.2, 0) is 28.6 Å². The Labute approximate surface area is 361 Å². The molecule has 0 spiro atoms. The van der Waals surface area contributed by atoms with Crippen LogP contribution in [0.25, 0.3) is 0 Å². The van der Waals surface area contributed by atoms with Crippen LogP contribution in [0.15, 0.2) is 109 Å². The van der Waals surface area contributed by atoms with Crippen molar-refractivity contribution in [3.63, 3.8) is 0 Å². The highest BCUT2D eigenvalue weighted by atomic mass is 16.6. The lowest BCUT2D eigenvalue weighted by molar-refractivity contribution is -0.166. The van der Waals surface area contributed by atoms with Crippen LogP contribution in [-0.4, -0.2) is 37.2 Å². The van der Waals surface area contributed by atoms with Gasteiger partial charge in [0.15, 0.2) is 6.10 Å². The molecule has 0 N–H and O–H groups in total. The molecule has 0 aromatic carbocycles. The quantitative estimate of drug-likeness (QED) is 0.0201. The van der Waals surface area contributed by atoms with Gasteiger partial charge in [-0.3, -0.25) is 14.4 Å². The number of allylic oxidation sites excluding steroid dienone is 18. The van der Waals surface area contributed by atoms with Gasteiger partial charge >= 0.3 is 17.9 Å². The number of carbonyl (C=O) groups is 3. The van der Waals surface area contributed by atoms with Gasteiger partial charge in [-0.2, -0.15) is 0 Å². The van der Waals surface area contributed by atoms with Crippen LogP contribution in [0.4, 0.5) is 0 Å². The first-order chi connectivity index (χ1) is 29.0. The SMILES string of the molecule is CC/C=C\C/C=C\C/C=C\C/C=C\C/C=C\CCC(=O)OCC(COC(=O)CCCC/C=C\C/C=C\CC)OC(=O)CCCCC/C=C\C=C/CCCCCCCCC. The van der Waals surface area contributed by atoms with Crippen molar-refractivity contribution in [3.05, 3.63) is 109 Å². The van der Waals surface area contributed by atoms with Crippen LogP contribution in [0.2, 0.25) is 0 Å². The second kappa shape index (κ2) is 46.8. The van der Waals surface area contributed by atoms with E-state index in [1.165, 1.54) is 44.9 Å². The molecule has 6 heteroatoms. The largest absolute Gasteiger partial charge is 0.462 e. The Morgan fingerprint density at radius 3 is 1.27 bits per heavy atom. The van der Waals surface area contributed by atoms with Crippen LogP contribution in [0.5, 0.6) is 0 Å². The highest BCUT2D eigenvalue weighted by Gasteiger charge is 2.19. The number of esters is 3. The minimum atomic E-state index is -0.834. The average molecular weight is 817 g/mol. The number of hydrogen-bond donors (Lipinski definition) is 0. The van der Waals surface area contributed by atoms with Crippen molar-refractivity contribution in [3.8, 4) is 0 Å². The summed E-state index contributed by atoms with van der Waals surface area (Å²) in [6.45, 7) is 6.24. The van der Waals surface area contributed by atoms with Gasteiger partial charge in [0, 0.05) is 19.3 Å². The van der Waals surface area contributed by atoms with Crippen molar-refractivity contribution in [2.75, 3.05) is 13.2 Å². The van der Waals surface area contributed by atoms with Gasteiger partial charge in [-0.05, 0) is 103 Å². The first-order valence-electron chi connectivity index (χ1n) is 23.4. The second-order valence-corrected chi connectivity index (χ2v) is 14.9. The smallest absolute Gasteiger partial charge is 0.306 e. The molecule has 0 amide bonds. The van der Waals surface area contributed by atoms with Crippen molar-refractivity contribution in [2.24, 2.45) is 0 Å². The highest BCUT2D eigenvalue weighted by Crippen LogP contribution is 2.11. The van der Waals surface area contributed by atoms with Crippen molar-refractivity contribution < 1.29 is 28.6 Å². The van der Waals surface area contributed by atoms with Crippen LogP contribution >= 0.6 is 0 Å². The molecule has 0 bridgehead atoms. The van der Waals surface area contributed by atoms with Gasteiger partial charge < -0.3 is 14.2 Å². The van der Waals surface area contributed by atoms with Gasteiger partial charge in [0.25, 0.3) is 0 Å². The summed E-state index contributed by atoms with van der Waals surface area (Å²) in [6.07, 6.45) is 62.4. The zero-order valence-corrected chi connectivity index (χ0v) is 37.7. The Bertz CT molecular complexity index is 1260. The summed E-state index contributed by atoms with van der Waals surface area (Å²) in [4.78, 5) is 37.7. The maximum absolute atomic E-state index is 12.7. The van der Waals surface area contributed by atoms with Crippen LogP contribution in [0.3, 0.4) is 0 Å². The van der Waals surface area contributed by atoms with E-state index in [2.05, 4.69) is 118 Å². The summed E-state index contributed by atoms with van der Waals surface area (Å²) in [5.41, 5.74) is 0. The van der Waals surface area contributed by atoms with E-state index in [1.54, 1.807) is 0 Å². The van der Waals surface area contributed by atoms with Crippen molar-refractivity contribution in [1.29, 1.82) is 0 Å². The average Bonchev–Trinajstić information content (AvgIpc) is 3.23. The van der Waals surface area contributed by atoms with Gasteiger partial charge in [-0.25, -0.2) is 0 Å². The summed E-state index contributed by atoms with van der Waals surface area (Å²) in [7, 11) is 0. The summed E-state index contributed by atoms with van der Waals surface area (Å²) < 4.78 is 16.6. The molecule has 1 atom stereocenters. The number of unbranched alkanes of at least 4 members (excludes halogenated alkanes) is 12. The molecule has 1 unspecified atom stereocenters. The Kier molecular flexibility index (Phi) is 43.6. The monoisotopic (exact) mass is 817 g/mol. The Morgan fingerprint density at radius 1 is 0.373 bits per heavy atom. The zero-order valence-electron chi connectivity index (χ0n) is 37.7. The molecule has 0 aliphatic heterocycles. The molecule has 0 heterocycles. The molecule has 0 saturated carbocycles. The normalized spacial score (nSPS) is 13.1. The van der Waals surface area contributed by atoms with Crippen molar-refractivity contribution in [1.82, 2.24) is 0 Å². The van der Waals surface area contributed by atoms with Crippen molar-refractivity contribution >= 4 is 17.9 Å². The fourth-order valence-electron chi connectivity index (χ4n) is 5.81.